The van der Waals surface area contributed by atoms with Gasteiger partial charge in [-0.2, -0.15) is 10.4 Å². The number of hydrogen-bond acceptors (Lipinski definition) is 4. The fourth-order valence-corrected chi connectivity index (χ4v) is 5.02. The Labute approximate surface area is 190 Å². The topological polar surface area (TPSA) is 71.2 Å². The monoisotopic (exact) mass is 450 g/mol. The van der Waals surface area contributed by atoms with Crippen LogP contribution in [0.2, 0.25) is 0 Å². The minimum absolute atomic E-state index is 0.102. The second kappa shape index (κ2) is 8.91. The maximum atomic E-state index is 13.7. The van der Waals surface area contributed by atoms with Crippen molar-refractivity contribution in [3.63, 3.8) is 0 Å². The summed E-state index contributed by atoms with van der Waals surface area (Å²) in [5.74, 6) is -1.16. The first kappa shape index (κ1) is 21.5. The average molecular weight is 450 g/mol. The summed E-state index contributed by atoms with van der Waals surface area (Å²) in [7, 11) is 0. The number of nitrogens with zero attached hydrogens (tertiary/aromatic N) is 4. The van der Waals surface area contributed by atoms with Crippen LogP contribution in [0.1, 0.15) is 49.3 Å². The van der Waals surface area contributed by atoms with Crippen molar-refractivity contribution in [2.45, 2.75) is 44.7 Å². The highest BCUT2D eigenvalue weighted by Gasteiger charge is 2.37. The first-order chi connectivity index (χ1) is 16.0. The van der Waals surface area contributed by atoms with Crippen LogP contribution >= 0.6 is 0 Å². The van der Waals surface area contributed by atoms with Crippen molar-refractivity contribution in [3.8, 4) is 6.07 Å². The van der Waals surface area contributed by atoms with E-state index in [-0.39, 0.29) is 11.8 Å². The smallest absolute Gasteiger partial charge is 0.249 e. The minimum atomic E-state index is -0.653. The Morgan fingerprint density at radius 2 is 1.85 bits per heavy atom. The van der Waals surface area contributed by atoms with E-state index in [0.717, 1.165) is 49.2 Å². The van der Waals surface area contributed by atoms with Crippen molar-refractivity contribution in [1.29, 1.82) is 5.26 Å². The summed E-state index contributed by atoms with van der Waals surface area (Å²) in [5.41, 5.74) is 1.83. The van der Waals surface area contributed by atoms with Gasteiger partial charge in [-0.25, -0.2) is 13.8 Å². The minimum Gasteiger partial charge on any atom is -0.272 e. The summed E-state index contributed by atoms with van der Waals surface area (Å²) in [6, 6.07) is 10.5. The number of hydroxylamine groups is 2. The van der Waals surface area contributed by atoms with Crippen molar-refractivity contribution >= 4 is 16.8 Å². The number of nitriles is 1. The number of fused-ring (bicyclic) bond motifs is 1. The Kier molecular flexibility index (Phi) is 5.81. The molecule has 1 saturated heterocycles. The number of aromatic nitrogens is 2. The lowest BCUT2D eigenvalue weighted by molar-refractivity contribution is -0.183. The first-order valence-electron chi connectivity index (χ1n) is 11.3. The van der Waals surface area contributed by atoms with Gasteiger partial charge in [-0.3, -0.25) is 14.3 Å². The number of benzene rings is 2. The van der Waals surface area contributed by atoms with E-state index in [9.17, 15) is 13.6 Å². The molecular formula is C25H24F2N4O2. The second-order valence-electron chi connectivity index (χ2n) is 8.96. The zero-order chi connectivity index (χ0) is 22.9. The van der Waals surface area contributed by atoms with Gasteiger partial charge in [0.15, 0.2) is 0 Å². The third kappa shape index (κ3) is 4.46. The van der Waals surface area contributed by atoms with Gasteiger partial charge in [-0.1, -0.05) is 0 Å². The summed E-state index contributed by atoms with van der Waals surface area (Å²) in [6.45, 7) is 1.12. The van der Waals surface area contributed by atoms with E-state index < -0.39 is 17.7 Å². The van der Waals surface area contributed by atoms with E-state index in [4.69, 9.17) is 10.1 Å². The summed E-state index contributed by atoms with van der Waals surface area (Å²) < 4.78 is 29.3. The normalized spacial score (nSPS) is 23.1. The Hall–Kier alpha value is -3.31. The van der Waals surface area contributed by atoms with Gasteiger partial charge in [0.2, 0.25) is 5.91 Å². The Bertz CT molecular complexity index is 1210. The van der Waals surface area contributed by atoms with Crippen molar-refractivity contribution in [2.75, 3.05) is 6.61 Å². The third-order valence-electron chi connectivity index (χ3n) is 6.72. The lowest BCUT2D eigenvalue weighted by Crippen LogP contribution is -2.37. The zero-order valence-corrected chi connectivity index (χ0v) is 18.1. The van der Waals surface area contributed by atoms with Crippen molar-refractivity contribution in [2.24, 2.45) is 11.8 Å². The van der Waals surface area contributed by atoms with Crippen LogP contribution in [0.4, 0.5) is 8.78 Å². The molecule has 1 atom stereocenters. The molecule has 5 rings (SSSR count). The standard InChI is InChI=1S/C25H24F2N4O2/c26-21-10-20(11-22(27)12-21)24-7-8-33-31(24)25(32)18-4-1-16(2-5-18)14-30-15-19-6-3-17(13-28)9-23(19)29-30/h3,6,9-12,15-16,18,24H,1-2,4-5,7-8,14H2/t16-,18-,24-/m0/s1. The van der Waals surface area contributed by atoms with Gasteiger partial charge >= 0.3 is 0 Å². The molecule has 6 nitrogen and oxygen atoms in total. The molecule has 2 fully saturated rings. The molecule has 1 aliphatic heterocycles. The molecule has 0 bridgehead atoms. The van der Waals surface area contributed by atoms with Gasteiger partial charge in [0.25, 0.3) is 0 Å². The Morgan fingerprint density at radius 1 is 1.09 bits per heavy atom. The van der Waals surface area contributed by atoms with Crippen LogP contribution < -0.4 is 0 Å². The van der Waals surface area contributed by atoms with Crippen molar-refractivity contribution in [1.82, 2.24) is 14.8 Å². The lowest BCUT2D eigenvalue weighted by atomic mass is 9.81. The fourth-order valence-electron chi connectivity index (χ4n) is 5.02. The number of carbonyl (C=O) groups excluding carboxylic acids is 1. The summed E-state index contributed by atoms with van der Waals surface area (Å²) >= 11 is 0. The number of rotatable bonds is 4. The SMILES string of the molecule is N#Cc1ccc2cn(C[C@H]3CC[C@H](C(=O)N4OCC[C@H]4c4cc(F)cc(F)c4)CC3)nc2c1. The van der Waals surface area contributed by atoms with Gasteiger partial charge in [-0.15, -0.1) is 0 Å². The molecule has 1 saturated carbocycles. The molecule has 0 radical (unpaired) electrons. The molecule has 2 aliphatic rings. The van der Waals surface area contributed by atoms with Gasteiger partial charge in [-0.05, 0) is 67.5 Å². The largest absolute Gasteiger partial charge is 0.272 e. The summed E-state index contributed by atoms with van der Waals surface area (Å²) in [4.78, 5) is 18.8. The quantitative estimate of drug-likeness (QED) is 0.567. The number of carbonyl (C=O) groups is 1. The van der Waals surface area contributed by atoms with Gasteiger partial charge in [0.05, 0.1) is 29.8 Å². The van der Waals surface area contributed by atoms with Gasteiger partial charge in [0, 0.05) is 36.5 Å². The highest BCUT2D eigenvalue weighted by Crippen LogP contribution is 2.37. The highest BCUT2D eigenvalue weighted by atomic mass is 19.1. The van der Waals surface area contributed by atoms with E-state index in [2.05, 4.69) is 11.2 Å². The van der Waals surface area contributed by atoms with E-state index in [1.54, 1.807) is 12.1 Å². The summed E-state index contributed by atoms with van der Waals surface area (Å²) in [6.07, 6.45) is 5.78. The molecule has 0 unspecified atom stereocenters. The molecule has 33 heavy (non-hydrogen) atoms. The van der Waals surface area contributed by atoms with Crippen LogP contribution in [0.25, 0.3) is 10.9 Å². The molecular weight excluding hydrogens is 426 g/mol. The number of halogens is 2. The maximum absolute atomic E-state index is 13.7. The molecule has 1 amide bonds. The first-order valence-corrected chi connectivity index (χ1v) is 11.3. The van der Waals surface area contributed by atoms with E-state index in [1.807, 2.05) is 16.9 Å². The van der Waals surface area contributed by atoms with E-state index in [0.29, 0.717) is 30.1 Å². The van der Waals surface area contributed by atoms with E-state index in [1.165, 1.54) is 17.2 Å². The average Bonchev–Trinajstić information content (AvgIpc) is 3.44. The van der Waals surface area contributed by atoms with E-state index >= 15 is 0 Å². The predicted molar refractivity (Wildman–Crippen MR) is 116 cm³/mol. The van der Waals surface area contributed by atoms with Gasteiger partial charge < -0.3 is 0 Å². The maximum Gasteiger partial charge on any atom is 0.249 e. The predicted octanol–water partition coefficient (Wildman–Crippen LogP) is 4.90. The molecule has 2 heterocycles. The Morgan fingerprint density at radius 3 is 2.58 bits per heavy atom. The molecule has 0 spiro atoms. The lowest BCUT2D eigenvalue weighted by Gasteiger charge is -2.32. The zero-order valence-electron chi connectivity index (χ0n) is 18.1. The van der Waals surface area contributed by atoms with Crippen LogP contribution in [0, 0.1) is 34.8 Å². The van der Waals surface area contributed by atoms with Crippen LogP contribution in [0.15, 0.2) is 42.6 Å². The highest BCUT2D eigenvalue weighted by molar-refractivity contribution is 5.79. The Balaban J connectivity index is 1.21. The molecule has 0 N–H and O–H groups in total. The van der Waals surface area contributed by atoms with Crippen LogP contribution in [-0.2, 0) is 16.2 Å². The third-order valence-corrected chi connectivity index (χ3v) is 6.72. The van der Waals surface area contributed by atoms with Crippen molar-refractivity contribution < 1.29 is 18.4 Å². The summed E-state index contributed by atoms with van der Waals surface area (Å²) in [5, 5.41) is 16.0. The molecule has 1 aliphatic carbocycles. The fraction of sp³-hybridized carbons (Fsp3) is 0.400. The molecule has 8 heteroatoms. The number of amides is 1. The van der Waals surface area contributed by atoms with Crippen molar-refractivity contribution in [3.05, 3.63) is 65.4 Å². The second-order valence-corrected chi connectivity index (χ2v) is 8.96. The van der Waals surface area contributed by atoms with Crippen LogP contribution in [0.5, 0.6) is 0 Å². The van der Waals surface area contributed by atoms with Gasteiger partial charge in [0.1, 0.15) is 11.6 Å². The molecule has 2 aromatic carbocycles. The molecule has 1 aromatic heterocycles. The molecule has 3 aromatic rings. The van der Waals surface area contributed by atoms with Crippen LogP contribution in [-0.4, -0.2) is 27.4 Å². The number of hydrogen-bond donors (Lipinski definition) is 0. The van der Waals surface area contributed by atoms with Crippen LogP contribution in [0.3, 0.4) is 0 Å². The molecule has 170 valence electrons.